The number of sulfonamides is 1. The standard InChI is InChI=1S/C15H15BrN2O3S2/c1-10(19)18-5-4-11-7-12(16)8-14(15(11)18)23(20,21)17-9-13-3-2-6-22-13/h2-3,6-8,17H,4-5,9H2,1H3. The first-order valence-electron chi connectivity index (χ1n) is 7.01. The van der Waals surface area contributed by atoms with Crippen molar-refractivity contribution in [2.24, 2.45) is 0 Å². The summed E-state index contributed by atoms with van der Waals surface area (Å²) in [4.78, 5) is 14.4. The first kappa shape index (κ1) is 16.6. The van der Waals surface area contributed by atoms with E-state index in [-0.39, 0.29) is 17.3 Å². The Kier molecular flexibility index (Phi) is 4.59. The van der Waals surface area contributed by atoms with E-state index >= 15 is 0 Å². The molecular weight excluding hydrogens is 400 g/mol. The predicted molar refractivity (Wildman–Crippen MR) is 94.2 cm³/mol. The minimum Gasteiger partial charge on any atom is -0.311 e. The van der Waals surface area contributed by atoms with E-state index in [2.05, 4.69) is 20.7 Å². The van der Waals surface area contributed by atoms with Crippen LogP contribution in [-0.4, -0.2) is 20.9 Å². The number of carbonyl (C=O) groups is 1. The highest BCUT2D eigenvalue weighted by Crippen LogP contribution is 2.37. The van der Waals surface area contributed by atoms with Gasteiger partial charge in [0.1, 0.15) is 4.90 Å². The van der Waals surface area contributed by atoms with Crippen LogP contribution in [0.25, 0.3) is 0 Å². The van der Waals surface area contributed by atoms with Crippen LogP contribution in [0, 0.1) is 0 Å². The van der Waals surface area contributed by atoms with Crippen LogP contribution in [-0.2, 0) is 27.8 Å². The molecule has 0 fully saturated rings. The van der Waals surface area contributed by atoms with Gasteiger partial charge < -0.3 is 4.90 Å². The van der Waals surface area contributed by atoms with E-state index in [9.17, 15) is 13.2 Å². The van der Waals surface area contributed by atoms with E-state index in [0.29, 0.717) is 23.1 Å². The van der Waals surface area contributed by atoms with Crippen molar-refractivity contribution < 1.29 is 13.2 Å². The van der Waals surface area contributed by atoms with Gasteiger partial charge in [-0.15, -0.1) is 11.3 Å². The summed E-state index contributed by atoms with van der Waals surface area (Å²) in [5.41, 5.74) is 1.37. The SMILES string of the molecule is CC(=O)N1CCc2cc(Br)cc(S(=O)(=O)NCc3cccs3)c21. The molecule has 0 saturated heterocycles. The lowest BCUT2D eigenvalue weighted by atomic mass is 10.2. The molecule has 1 N–H and O–H groups in total. The van der Waals surface area contributed by atoms with Crippen LogP contribution in [0.4, 0.5) is 5.69 Å². The maximum absolute atomic E-state index is 12.7. The molecule has 1 aliphatic rings. The number of hydrogen-bond acceptors (Lipinski definition) is 4. The molecule has 0 aliphatic carbocycles. The summed E-state index contributed by atoms with van der Waals surface area (Å²) in [6, 6.07) is 7.18. The van der Waals surface area contributed by atoms with Gasteiger partial charge in [-0.3, -0.25) is 4.79 Å². The topological polar surface area (TPSA) is 66.5 Å². The molecule has 0 radical (unpaired) electrons. The van der Waals surface area contributed by atoms with Gasteiger partial charge in [0.2, 0.25) is 15.9 Å². The zero-order chi connectivity index (χ0) is 16.6. The predicted octanol–water partition coefficient (Wildman–Crippen LogP) is 2.90. The smallest absolute Gasteiger partial charge is 0.243 e. The maximum Gasteiger partial charge on any atom is 0.243 e. The number of anilines is 1. The van der Waals surface area contributed by atoms with Crippen molar-refractivity contribution >= 4 is 48.9 Å². The molecule has 1 aromatic carbocycles. The number of rotatable bonds is 4. The third-order valence-corrected chi connectivity index (χ3v) is 6.43. The van der Waals surface area contributed by atoms with Gasteiger partial charge in [0.05, 0.1) is 5.69 Å². The second-order valence-corrected chi connectivity index (χ2v) is 8.92. The Morgan fingerprint density at radius 1 is 1.43 bits per heavy atom. The molecule has 1 aromatic heterocycles. The number of fused-ring (bicyclic) bond motifs is 1. The molecule has 1 amide bonds. The second-order valence-electron chi connectivity index (χ2n) is 5.24. The molecule has 2 aromatic rings. The van der Waals surface area contributed by atoms with Crippen molar-refractivity contribution in [1.29, 1.82) is 0 Å². The van der Waals surface area contributed by atoms with Gasteiger partial charge >= 0.3 is 0 Å². The van der Waals surface area contributed by atoms with Crippen molar-refractivity contribution in [3.05, 3.63) is 44.6 Å². The normalized spacial score (nSPS) is 14.1. The molecule has 5 nitrogen and oxygen atoms in total. The fourth-order valence-corrected chi connectivity index (χ4v) is 5.32. The molecular formula is C15H15BrN2O3S2. The van der Waals surface area contributed by atoms with Crippen LogP contribution in [0.3, 0.4) is 0 Å². The van der Waals surface area contributed by atoms with Crippen molar-refractivity contribution in [2.45, 2.75) is 24.8 Å². The van der Waals surface area contributed by atoms with Crippen LogP contribution in [0.2, 0.25) is 0 Å². The number of thiophene rings is 1. The molecule has 3 rings (SSSR count). The molecule has 2 heterocycles. The summed E-state index contributed by atoms with van der Waals surface area (Å²) in [5.74, 6) is -0.152. The van der Waals surface area contributed by atoms with Crippen LogP contribution in [0.5, 0.6) is 0 Å². The molecule has 122 valence electrons. The van der Waals surface area contributed by atoms with Crippen molar-refractivity contribution in [3.63, 3.8) is 0 Å². The third kappa shape index (κ3) is 3.35. The molecule has 0 saturated carbocycles. The largest absolute Gasteiger partial charge is 0.311 e. The van der Waals surface area contributed by atoms with Gasteiger partial charge in [-0.05, 0) is 35.6 Å². The van der Waals surface area contributed by atoms with E-state index in [4.69, 9.17) is 0 Å². The Balaban J connectivity index is 2.00. The summed E-state index contributed by atoms with van der Waals surface area (Å²) in [6.07, 6.45) is 0.655. The van der Waals surface area contributed by atoms with Gasteiger partial charge in [0, 0.05) is 29.4 Å². The Bertz CT molecular complexity index is 848. The Morgan fingerprint density at radius 3 is 2.87 bits per heavy atom. The Hall–Kier alpha value is -1.22. The zero-order valence-electron chi connectivity index (χ0n) is 12.4. The average molecular weight is 415 g/mol. The van der Waals surface area contributed by atoms with E-state index in [1.54, 1.807) is 6.07 Å². The monoisotopic (exact) mass is 414 g/mol. The van der Waals surface area contributed by atoms with Crippen molar-refractivity contribution in [1.82, 2.24) is 4.72 Å². The Morgan fingerprint density at radius 2 is 2.22 bits per heavy atom. The highest BCUT2D eigenvalue weighted by atomic mass is 79.9. The molecule has 0 spiro atoms. The van der Waals surface area contributed by atoms with Gasteiger partial charge in [0.15, 0.2) is 0 Å². The third-order valence-electron chi connectivity index (χ3n) is 3.68. The zero-order valence-corrected chi connectivity index (χ0v) is 15.6. The number of hydrogen-bond donors (Lipinski definition) is 1. The summed E-state index contributed by atoms with van der Waals surface area (Å²) in [6.45, 7) is 2.20. The van der Waals surface area contributed by atoms with Crippen molar-refractivity contribution in [2.75, 3.05) is 11.4 Å². The van der Waals surface area contributed by atoms with Crippen LogP contribution in [0.1, 0.15) is 17.4 Å². The molecule has 23 heavy (non-hydrogen) atoms. The van der Waals surface area contributed by atoms with Gasteiger partial charge in [-0.2, -0.15) is 0 Å². The highest BCUT2D eigenvalue weighted by molar-refractivity contribution is 9.10. The first-order valence-corrected chi connectivity index (χ1v) is 10.2. The molecule has 0 unspecified atom stereocenters. The molecule has 0 atom stereocenters. The van der Waals surface area contributed by atoms with E-state index in [1.807, 2.05) is 23.6 Å². The minimum atomic E-state index is -3.72. The fourth-order valence-electron chi connectivity index (χ4n) is 2.65. The van der Waals surface area contributed by atoms with Crippen LogP contribution in [0.15, 0.2) is 39.0 Å². The summed E-state index contributed by atoms with van der Waals surface area (Å²) < 4.78 is 28.8. The van der Waals surface area contributed by atoms with E-state index in [0.717, 1.165) is 10.4 Å². The fraction of sp³-hybridized carbons (Fsp3) is 0.267. The number of nitrogens with zero attached hydrogens (tertiary/aromatic N) is 1. The Labute approximate surface area is 147 Å². The molecule has 1 aliphatic heterocycles. The summed E-state index contributed by atoms with van der Waals surface area (Å²) in [5, 5.41) is 1.90. The van der Waals surface area contributed by atoms with Crippen LogP contribution >= 0.6 is 27.3 Å². The lowest BCUT2D eigenvalue weighted by Crippen LogP contribution is -2.29. The number of benzene rings is 1. The number of carbonyl (C=O) groups excluding carboxylic acids is 1. The number of halogens is 1. The van der Waals surface area contributed by atoms with Gasteiger partial charge in [-0.25, -0.2) is 13.1 Å². The minimum absolute atomic E-state index is 0.145. The highest BCUT2D eigenvalue weighted by Gasteiger charge is 2.31. The second kappa shape index (κ2) is 6.35. The molecule has 8 heteroatoms. The van der Waals surface area contributed by atoms with E-state index < -0.39 is 10.0 Å². The first-order chi connectivity index (χ1) is 10.9. The average Bonchev–Trinajstić information content (AvgIpc) is 3.13. The van der Waals surface area contributed by atoms with E-state index in [1.165, 1.54) is 23.2 Å². The van der Waals surface area contributed by atoms with Gasteiger partial charge in [-0.1, -0.05) is 22.0 Å². The lowest BCUT2D eigenvalue weighted by Gasteiger charge is -2.19. The van der Waals surface area contributed by atoms with Crippen molar-refractivity contribution in [3.8, 4) is 0 Å². The quantitative estimate of drug-likeness (QED) is 0.835. The molecule has 0 bridgehead atoms. The van der Waals surface area contributed by atoms with Crippen LogP contribution < -0.4 is 9.62 Å². The number of nitrogens with one attached hydrogen (secondary N) is 1. The summed E-state index contributed by atoms with van der Waals surface area (Å²) in [7, 11) is -3.72. The lowest BCUT2D eigenvalue weighted by molar-refractivity contribution is -0.116. The summed E-state index contributed by atoms with van der Waals surface area (Å²) >= 11 is 4.85. The van der Waals surface area contributed by atoms with Gasteiger partial charge in [0.25, 0.3) is 0 Å². The maximum atomic E-state index is 12.7. The number of amides is 1.